The van der Waals surface area contributed by atoms with Gasteiger partial charge in [0.2, 0.25) is 0 Å². The van der Waals surface area contributed by atoms with Gasteiger partial charge in [-0.2, -0.15) is 0 Å². The molecule has 32 valence electrons. The minimum absolute atomic E-state index is 0.753. The van der Waals surface area contributed by atoms with E-state index in [1.807, 2.05) is 0 Å². The van der Waals surface area contributed by atoms with Crippen molar-refractivity contribution in [2.45, 2.75) is 0 Å². The molecule has 0 aliphatic carbocycles. The number of rotatable bonds is 0. The van der Waals surface area contributed by atoms with Gasteiger partial charge in [-0.15, -0.1) is 0 Å². The molecule has 0 nitrogen and oxygen atoms in total. The average Bonchev–Trinajstić information content (AvgIpc) is 0.722. The molecule has 0 aliphatic heterocycles. The predicted octanol–water partition coefficient (Wildman–Crippen LogP) is -1.37. The van der Waals surface area contributed by atoms with Crippen LogP contribution in [0, 0.1) is 0 Å². The maximum absolute atomic E-state index is 5.60. The normalized spacial score (nSPS) is 13.2. The third kappa shape index (κ3) is 25.0. The van der Waals surface area contributed by atoms with Crippen molar-refractivity contribution in [3.63, 3.8) is 0 Å². The molecule has 0 amide bonds. The molecule has 0 saturated carbocycles. The van der Waals surface area contributed by atoms with Gasteiger partial charge in [0.05, 0.1) is 0 Å². The monoisotopic (exact) mass is 252 g/mol. The number of hydrogen-bond acceptors (Lipinski definition) is 0. The molecular weight excluding hydrogens is 244 g/mol. The molecular formula is H6Cl2Ge2Si. The van der Waals surface area contributed by atoms with E-state index in [0.717, 1.165) is 31.7 Å². The molecule has 5 heteroatoms. The van der Waals surface area contributed by atoms with Crippen molar-refractivity contribution in [3.8, 4) is 0 Å². The van der Waals surface area contributed by atoms with E-state index in [2.05, 4.69) is 0 Å². The van der Waals surface area contributed by atoms with Crippen LogP contribution in [0.15, 0.2) is 0 Å². The Hall–Kier alpha value is 1.88. The summed E-state index contributed by atoms with van der Waals surface area (Å²) in [5.41, 5.74) is 0. The summed E-state index contributed by atoms with van der Waals surface area (Å²) in [4.78, 5) is 0. The van der Waals surface area contributed by atoms with E-state index in [0.29, 0.717) is 0 Å². The molecule has 0 bridgehead atoms. The van der Waals surface area contributed by atoms with Crippen LogP contribution in [0.1, 0.15) is 0 Å². The van der Waals surface area contributed by atoms with Crippen LogP contribution in [-0.2, 0) is 0 Å². The van der Waals surface area contributed by atoms with Gasteiger partial charge in [0.25, 0.3) is 0 Å². The molecule has 0 atom stereocenters. The molecule has 5 heavy (non-hydrogen) atoms. The van der Waals surface area contributed by atoms with Crippen molar-refractivity contribution in [2.75, 3.05) is 0 Å². The van der Waals surface area contributed by atoms with Crippen LogP contribution < -0.4 is 0 Å². The third-order valence-electron chi connectivity index (χ3n) is 0. The van der Waals surface area contributed by atoms with E-state index < -0.39 is 3.74 Å². The van der Waals surface area contributed by atoms with Crippen LogP contribution in [0.5, 0.6) is 0 Å². The SMILES string of the molecule is Cl[Si](Cl)([GeH3])[GeH3]. The van der Waals surface area contributed by atoms with Crippen molar-refractivity contribution >= 4 is 57.6 Å². The van der Waals surface area contributed by atoms with Gasteiger partial charge in [0, 0.05) is 0 Å². The molecule has 0 aliphatic rings. The van der Waals surface area contributed by atoms with E-state index >= 15 is 0 Å². The van der Waals surface area contributed by atoms with Crippen LogP contribution in [-0.4, -0.2) is 35.5 Å². The number of hydrogen-bond donors (Lipinski definition) is 0. The van der Waals surface area contributed by atoms with Gasteiger partial charge in [0.15, 0.2) is 0 Å². The van der Waals surface area contributed by atoms with E-state index in [-0.39, 0.29) is 0 Å². The van der Waals surface area contributed by atoms with E-state index in [4.69, 9.17) is 22.2 Å². The summed E-state index contributed by atoms with van der Waals surface area (Å²) in [6.45, 7) is 0. The molecule has 0 rings (SSSR count). The van der Waals surface area contributed by atoms with Gasteiger partial charge in [-0.25, -0.2) is 0 Å². The molecule has 0 spiro atoms. The van der Waals surface area contributed by atoms with Crippen molar-refractivity contribution in [1.29, 1.82) is 0 Å². The Balaban J connectivity index is 3.02. The first-order valence-electron chi connectivity index (χ1n) is 1.38. The van der Waals surface area contributed by atoms with Crippen LogP contribution in [0.2, 0.25) is 0 Å². The summed E-state index contributed by atoms with van der Waals surface area (Å²) in [7, 11) is 0. The summed E-state index contributed by atoms with van der Waals surface area (Å²) in [6, 6.07) is 0. The van der Waals surface area contributed by atoms with E-state index in [1.54, 1.807) is 0 Å². The second-order valence-electron chi connectivity index (χ2n) is 1.33. The fraction of sp³-hybridized carbons (Fsp3) is 0. The Morgan fingerprint density at radius 2 is 1.20 bits per heavy atom. The summed E-state index contributed by atoms with van der Waals surface area (Å²) in [6.07, 6.45) is 0. The van der Waals surface area contributed by atoms with Gasteiger partial charge in [-0.05, 0) is 0 Å². The van der Waals surface area contributed by atoms with E-state index in [9.17, 15) is 0 Å². The third-order valence-corrected chi connectivity index (χ3v) is 0. The molecule has 0 heterocycles. The fourth-order valence-electron chi connectivity index (χ4n) is 0. The van der Waals surface area contributed by atoms with Gasteiger partial charge in [-0.1, -0.05) is 0 Å². The summed E-state index contributed by atoms with van der Waals surface area (Å²) < 4.78 is -1.29. The Bertz CT molecular complexity index is 23.1. The van der Waals surface area contributed by atoms with Crippen molar-refractivity contribution in [3.05, 3.63) is 0 Å². The van der Waals surface area contributed by atoms with Gasteiger partial charge >= 0.3 is 57.6 Å². The van der Waals surface area contributed by atoms with E-state index in [1.165, 1.54) is 0 Å². The van der Waals surface area contributed by atoms with Gasteiger partial charge in [-0.3, -0.25) is 0 Å². The zero-order chi connectivity index (χ0) is 4.50. The Kier molecular flexibility index (Phi) is 3.11. The van der Waals surface area contributed by atoms with Gasteiger partial charge < -0.3 is 0 Å². The molecule has 0 N–H and O–H groups in total. The molecule has 0 aromatic rings. The average molecular weight is 250 g/mol. The van der Waals surface area contributed by atoms with Crippen molar-refractivity contribution in [2.24, 2.45) is 0 Å². The summed E-state index contributed by atoms with van der Waals surface area (Å²) in [5, 5.41) is 0. The Labute approximate surface area is 57.3 Å². The Morgan fingerprint density at radius 3 is 1.20 bits per heavy atom. The zero-order valence-electron chi connectivity index (χ0n) is 3.26. The second kappa shape index (κ2) is 2.26. The summed E-state index contributed by atoms with van der Waals surface area (Å²) >= 11 is 12.7. The van der Waals surface area contributed by atoms with Crippen LogP contribution >= 0.6 is 22.2 Å². The van der Waals surface area contributed by atoms with Gasteiger partial charge in [0.1, 0.15) is 0 Å². The predicted molar refractivity (Wildman–Crippen MR) is 37.3 cm³/mol. The second-order valence-corrected chi connectivity index (χ2v) is 77.8. The molecule has 0 saturated heterocycles. The summed E-state index contributed by atoms with van der Waals surface area (Å²) in [5.74, 6) is 0. The first-order valence-corrected chi connectivity index (χ1v) is 19.0. The zero-order valence-corrected chi connectivity index (χ0v) is 14.2. The minimum atomic E-state index is -1.29. The van der Waals surface area contributed by atoms with Crippen molar-refractivity contribution in [1.82, 2.24) is 0 Å². The number of halogens is 2. The molecule has 0 aromatic carbocycles. The maximum atomic E-state index is 5.60. The van der Waals surface area contributed by atoms with Crippen LogP contribution in [0.3, 0.4) is 0 Å². The topological polar surface area (TPSA) is 0 Å². The fourth-order valence-corrected chi connectivity index (χ4v) is 0. The van der Waals surface area contributed by atoms with Crippen LogP contribution in [0.4, 0.5) is 0 Å². The molecule has 0 unspecified atom stereocenters. The molecule has 0 radical (unpaired) electrons. The van der Waals surface area contributed by atoms with Crippen LogP contribution in [0.25, 0.3) is 0 Å². The first-order chi connectivity index (χ1) is 2.00. The molecule has 0 fully saturated rings. The quantitative estimate of drug-likeness (QED) is 0.368. The first kappa shape index (κ1) is 6.88. The standard InChI is InChI=1S/Cl2Ge2H6Si/c1-5(2,3)4/h3-4H3. The molecule has 0 aromatic heterocycles. The Morgan fingerprint density at radius 1 is 1.20 bits per heavy atom. The van der Waals surface area contributed by atoms with Crippen molar-refractivity contribution < 1.29 is 0 Å².